The van der Waals surface area contributed by atoms with Crippen LogP contribution in [0.1, 0.15) is 12.5 Å². The van der Waals surface area contributed by atoms with Crippen molar-refractivity contribution in [2.24, 2.45) is 0 Å². The summed E-state index contributed by atoms with van der Waals surface area (Å²) in [5.41, 5.74) is 0.693. The Balaban J connectivity index is 2.26. The van der Waals surface area contributed by atoms with Gasteiger partial charge in [-0.25, -0.2) is 9.78 Å². The van der Waals surface area contributed by atoms with Gasteiger partial charge in [-0.3, -0.25) is 0 Å². The molecule has 0 N–H and O–H groups in total. The molecular formula is C17H17NO4. The van der Waals surface area contributed by atoms with Gasteiger partial charge >= 0.3 is 5.97 Å². The van der Waals surface area contributed by atoms with Crippen LogP contribution in [0.25, 0.3) is 6.08 Å². The van der Waals surface area contributed by atoms with Gasteiger partial charge in [0.1, 0.15) is 11.5 Å². The minimum atomic E-state index is -0.408. The fraction of sp³-hybridized carbons (Fsp3) is 0.176. The van der Waals surface area contributed by atoms with Gasteiger partial charge in [0.15, 0.2) is 0 Å². The number of carbonyl (C=O) groups is 1. The van der Waals surface area contributed by atoms with Gasteiger partial charge in [-0.15, -0.1) is 0 Å². The molecule has 0 saturated carbocycles. The molecule has 2 aromatic rings. The molecule has 0 spiro atoms. The first-order valence-corrected chi connectivity index (χ1v) is 6.84. The lowest BCUT2D eigenvalue weighted by Gasteiger charge is -2.09. The summed E-state index contributed by atoms with van der Waals surface area (Å²) >= 11 is 0. The number of benzene rings is 1. The molecule has 0 atom stereocenters. The van der Waals surface area contributed by atoms with Crippen molar-refractivity contribution in [1.82, 2.24) is 4.98 Å². The first-order chi connectivity index (χ1) is 10.7. The second-order valence-corrected chi connectivity index (χ2v) is 4.26. The largest absolute Gasteiger partial charge is 0.497 e. The van der Waals surface area contributed by atoms with E-state index in [1.54, 1.807) is 50.6 Å². The molecule has 22 heavy (non-hydrogen) atoms. The first kappa shape index (κ1) is 15.6. The van der Waals surface area contributed by atoms with E-state index in [2.05, 4.69) is 4.98 Å². The number of pyridine rings is 1. The number of hydrogen-bond donors (Lipinski definition) is 0. The molecule has 0 unspecified atom stereocenters. The zero-order valence-electron chi connectivity index (χ0n) is 12.5. The van der Waals surface area contributed by atoms with Gasteiger partial charge < -0.3 is 14.2 Å². The van der Waals surface area contributed by atoms with Crippen LogP contribution in [0.4, 0.5) is 0 Å². The van der Waals surface area contributed by atoms with E-state index in [4.69, 9.17) is 14.2 Å². The number of carbonyl (C=O) groups excluding carboxylic acids is 1. The average Bonchev–Trinajstić information content (AvgIpc) is 2.55. The van der Waals surface area contributed by atoms with Gasteiger partial charge in [-0.2, -0.15) is 0 Å². The van der Waals surface area contributed by atoms with E-state index in [1.807, 2.05) is 12.1 Å². The Morgan fingerprint density at radius 2 is 2.14 bits per heavy atom. The molecule has 1 heterocycles. The Bertz CT molecular complexity index is 653. The van der Waals surface area contributed by atoms with Crippen LogP contribution in [-0.4, -0.2) is 24.7 Å². The minimum absolute atomic E-state index is 0.332. The van der Waals surface area contributed by atoms with Crippen LogP contribution < -0.4 is 9.47 Å². The van der Waals surface area contributed by atoms with Crippen LogP contribution in [0.3, 0.4) is 0 Å². The predicted octanol–water partition coefficient (Wildman–Crippen LogP) is 3.46. The Morgan fingerprint density at radius 1 is 1.27 bits per heavy atom. The van der Waals surface area contributed by atoms with Crippen LogP contribution in [0.2, 0.25) is 0 Å². The highest BCUT2D eigenvalue weighted by atomic mass is 16.5. The maximum Gasteiger partial charge on any atom is 0.330 e. The number of esters is 1. The molecule has 0 saturated heterocycles. The number of aromatic nitrogens is 1. The van der Waals surface area contributed by atoms with E-state index < -0.39 is 5.97 Å². The summed E-state index contributed by atoms with van der Waals surface area (Å²) in [6.07, 6.45) is 4.62. The van der Waals surface area contributed by atoms with Crippen LogP contribution in [-0.2, 0) is 9.53 Å². The van der Waals surface area contributed by atoms with E-state index in [0.717, 1.165) is 0 Å². The highest BCUT2D eigenvalue weighted by molar-refractivity contribution is 5.87. The van der Waals surface area contributed by atoms with Gasteiger partial charge in [0, 0.05) is 23.9 Å². The molecule has 114 valence electrons. The van der Waals surface area contributed by atoms with E-state index in [0.29, 0.717) is 29.5 Å². The average molecular weight is 299 g/mol. The second kappa shape index (κ2) is 7.83. The zero-order valence-corrected chi connectivity index (χ0v) is 12.5. The number of methoxy groups -OCH3 is 1. The molecule has 5 heteroatoms. The van der Waals surface area contributed by atoms with Crippen LogP contribution in [0.5, 0.6) is 17.4 Å². The molecule has 0 amide bonds. The van der Waals surface area contributed by atoms with Crippen molar-refractivity contribution < 1.29 is 19.0 Å². The zero-order chi connectivity index (χ0) is 15.8. The van der Waals surface area contributed by atoms with E-state index in [1.165, 1.54) is 6.08 Å². The van der Waals surface area contributed by atoms with Crippen molar-refractivity contribution in [3.63, 3.8) is 0 Å². The van der Waals surface area contributed by atoms with Crippen molar-refractivity contribution in [3.8, 4) is 17.4 Å². The Labute approximate surface area is 129 Å². The quantitative estimate of drug-likeness (QED) is 0.604. The summed E-state index contributed by atoms with van der Waals surface area (Å²) in [4.78, 5) is 15.6. The molecule has 0 radical (unpaired) electrons. The molecule has 0 aliphatic rings. The first-order valence-electron chi connectivity index (χ1n) is 6.84. The fourth-order valence-corrected chi connectivity index (χ4v) is 1.75. The highest BCUT2D eigenvalue weighted by Crippen LogP contribution is 2.28. The van der Waals surface area contributed by atoms with Gasteiger partial charge in [0.05, 0.1) is 13.7 Å². The lowest BCUT2D eigenvalue weighted by molar-refractivity contribution is -0.137. The normalized spacial score (nSPS) is 10.5. The van der Waals surface area contributed by atoms with Gasteiger partial charge in [-0.1, -0.05) is 6.07 Å². The summed E-state index contributed by atoms with van der Waals surface area (Å²) in [6.45, 7) is 2.09. The number of nitrogens with zero attached hydrogens (tertiary/aromatic N) is 1. The smallest absolute Gasteiger partial charge is 0.330 e. The van der Waals surface area contributed by atoms with Gasteiger partial charge in [-0.05, 0) is 37.3 Å². The molecular weight excluding hydrogens is 282 g/mol. The Morgan fingerprint density at radius 3 is 2.82 bits per heavy atom. The predicted molar refractivity (Wildman–Crippen MR) is 83.0 cm³/mol. The summed E-state index contributed by atoms with van der Waals surface area (Å²) in [6, 6.07) is 10.7. The molecule has 1 aromatic heterocycles. The number of ether oxygens (including phenoxy) is 3. The van der Waals surface area contributed by atoms with Crippen molar-refractivity contribution in [2.45, 2.75) is 6.92 Å². The number of hydrogen-bond acceptors (Lipinski definition) is 5. The van der Waals surface area contributed by atoms with Crippen LogP contribution >= 0.6 is 0 Å². The van der Waals surface area contributed by atoms with E-state index in [-0.39, 0.29) is 0 Å². The summed E-state index contributed by atoms with van der Waals surface area (Å²) < 4.78 is 15.8. The van der Waals surface area contributed by atoms with Crippen LogP contribution in [0.15, 0.2) is 48.7 Å². The summed E-state index contributed by atoms with van der Waals surface area (Å²) in [7, 11) is 1.58. The highest BCUT2D eigenvalue weighted by Gasteiger charge is 2.06. The lowest BCUT2D eigenvalue weighted by atomic mass is 10.1. The Hall–Kier alpha value is -2.82. The van der Waals surface area contributed by atoms with Crippen molar-refractivity contribution in [1.29, 1.82) is 0 Å². The fourth-order valence-electron chi connectivity index (χ4n) is 1.75. The summed E-state index contributed by atoms with van der Waals surface area (Å²) in [5, 5.41) is 0. The lowest BCUT2D eigenvalue weighted by Crippen LogP contribution is -1.99. The SMILES string of the molecule is CCOC(=O)/C=C/c1cc(OC)ccc1Oc1ccccn1. The van der Waals surface area contributed by atoms with Crippen LogP contribution in [0, 0.1) is 0 Å². The van der Waals surface area contributed by atoms with Crippen molar-refractivity contribution in [3.05, 3.63) is 54.2 Å². The number of rotatable bonds is 6. The minimum Gasteiger partial charge on any atom is -0.497 e. The maximum atomic E-state index is 11.4. The summed E-state index contributed by atoms with van der Waals surface area (Å²) in [5.74, 6) is 1.30. The second-order valence-electron chi connectivity index (χ2n) is 4.26. The molecule has 5 nitrogen and oxygen atoms in total. The molecule has 2 rings (SSSR count). The van der Waals surface area contributed by atoms with Gasteiger partial charge in [0.25, 0.3) is 0 Å². The Kier molecular flexibility index (Phi) is 5.54. The third-order valence-corrected chi connectivity index (χ3v) is 2.75. The standard InChI is InChI=1S/C17H17NO4/c1-3-21-17(19)10-7-13-12-14(20-2)8-9-15(13)22-16-6-4-5-11-18-16/h4-12H,3H2,1-2H3/b10-7+. The monoisotopic (exact) mass is 299 g/mol. The van der Waals surface area contributed by atoms with E-state index >= 15 is 0 Å². The molecule has 0 fully saturated rings. The molecule has 1 aromatic carbocycles. The third kappa shape index (κ3) is 4.34. The third-order valence-electron chi connectivity index (χ3n) is 2.75. The van der Waals surface area contributed by atoms with E-state index in [9.17, 15) is 4.79 Å². The van der Waals surface area contributed by atoms with Crippen molar-refractivity contribution >= 4 is 12.0 Å². The molecule has 0 aliphatic heterocycles. The molecule has 0 aliphatic carbocycles. The van der Waals surface area contributed by atoms with Crippen molar-refractivity contribution in [2.75, 3.05) is 13.7 Å². The topological polar surface area (TPSA) is 57.7 Å². The molecule has 0 bridgehead atoms. The maximum absolute atomic E-state index is 11.4. The van der Waals surface area contributed by atoms with Gasteiger partial charge in [0.2, 0.25) is 5.88 Å².